The van der Waals surface area contributed by atoms with E-state index in [-0.39, 0.29) is 18.6 Å². The first-order valence-electron chi connectivity index (χ1n) is 7.20. The van der Waals surface area contributed by atoms with E-state index < -0.39 is 17.9 Å². The normalized spacial score (nSPS) is 12.0. The number of rotatable bonds is 8. The zero-order valence-corrected chi connectivity index (χ0v) is 13.5. The van der Waals surface area contributed by atoms with Gasteiger partial charge in [0.1, 0.15) is 11.8 Å². The first-order chi connectivity index (χ1) is 10.9. The van der Waals surface area contributed by atoms with Crippen LogP contribution in [0, 0.1) is 0 Å². The summed E-state index contributed by atoms with van der Waals surface area (Å²) < 4.78 is 5.18. The summed E-state index contributed by atoms with van der Waals surface area (Å²) in [6, 6.07) is 3.84. The van der Waals surface area contributed by atoms with Gasteiger partial charge in [-0.05, 0) is 38.5 Å². The number of carbonyl (C=O) groups is 3. The number of carbonyl (C=O) groups excluding carboxylic acids is 2. The third kappa shape index (κ3) is 5.58. The Morgan fingerprint density at radius 2 is 2.04 bits per heavy atom. The number of ketones is 1. The lowest BCUT2D eigenvalue weighted by Crippen LogP contribution is -2.41. The van der Waals surface area contributed by atoms with Gasteiger partial charge >= 0.3 is 5.97 Å². The number of carboxylic acids is 1. The van der Waals surface area contributed by atoms with E-state index in [1.165, 1.54) is 14.0 Å². The van der Waals surface area contributed by atoms with E-state index in [4.69, 9.17) is 9.84 Å². The molecule has 0 saturated heterocycles. The average molecular weight is 319 g/mol. The maximum atomic E-state index is 12.1. The Labute approximate surface area is 135 Å². The van der Waals surface area contributed by atoms with Gasteiger partial charge in [0.05, 0.1) is 13.5 Å². The highest BCUT2D eigenvalue weighted by atomic mass is 16.5. The highest BCUT2D eigenvalue weighted by Crippen LogP contribution is 2.21. The van der Waals surface area contributed by atoms with Gasteiger partial charge in [-0.15, -0.1) is 0 Å². The molecule has 0 bridgehead atoms. The minimum atomic E-state index is -1.10. The van der Waals surface area contributed by atoms with Crippen molar-refractivity contribution < 1.29 is 24.2 Å². The second-order valence-corrected chi connectivity index (χ2v) is 5.02. The summed E-state index contributed by atoms with van der Waals surface area (Å²) in [5.41, 5.74) is 1.00. The van der Waals surface area contributed by atoms with Gasteiger partial charge in [0.2, 0.25) is 5.91 Å². The summed E-state index contributed by atoms with van der Waals surface area (Å²) >= 11 is 0. The number of Topliss-reactive ketones (excluding diaryl/α,β-unsaturated/α-hetero) is 1. The summed E-state index contributed by atoms with van der Waals surface area (Å²) in [7, 11) is 1.47. The number of nitrogens with one attached hydrogen (secondary N) is 1. The van der Waals surface area contributed by atoms with Crippen LogP contribution in [-0.4, -0.2) is 35.9 Å². The van der Waals surface area contributed by atoms with Crippen LogP contribution in [0.15, 0.2) is 30.4 Å². The maximum absolute atomic E-state index is 12.1. The van der Waals surface area contributed by atoms with Crippen LogP contribution in [-0.2, 0) is 16.0 Å². The van der Waals surface area contributed by atoms with Gasteiger partial charge in [0, 0.05) is 11.1 Å². The summed E-state index contributed by atoms with van der Waals surface area (Å²) in [5.74, 6) is -1.18. The van der Waals surface area contributed by atoms with Crippen LogP contribution in [0.1, 0.15) is 36.2 Å². The number of methoxy groups -OCH3 is 1. The molecular weight excluding hydrogens is 298 g/mol. The molecule has 2 N–H and O–H groups in total. The zero-order chi connectivity index (χ0) is 17.4. The first kappa shape index (κ1) is 18.4. The van der Waals surface area contributed by atoms with E-state index >= 15 is 0 Å². The zero-order valence-electron chi connectivity index (χ0n) is 13.5. The van der Waals surface area contributed by atoms with E-state index in [2.05, 4.69) is 5.32 Å². The number of carboxylic acid groups (broad SMARTS) is 1. The Balaban J connectivity index is 2.88. The van der Waals surface area contributed by atoms with Crippen LogP contribution in [0.25, 0.3) is 0 Å². The van der Waals surface area contributed by atoms with Crippen LogP contribution in [0.2, 0.25) is 0 Å². The predicted molar refractivity (Wildman–Crippen MR) is 85.7 cm³/mol. The number of benzene rings is 1. The van der Waals surface area contributed by atoms with Crippen molar-refractivity contribution in [2.75, 3.05) is 7.11 Å². The number of allylic oxidation sites excluding steroid dienone is 1. The quantitative estimate of drug-likeness (QED) is 0.564. The van der Waals surface area contributed by atoms with Crippen molar-refractivity contribution >= 4 is 17.7 Å². The molecule has 0 radical (unpaired) electrons. The Kier molecular flexibility index (Phi) is 6.99. The van der Waals surface area contributed by atoms with Gasteiger partial charge in [0.15, 0.2) is 5.78 Å². The van der Waals surface area contributed by atoms with E-state index in [9.17, 15) is 14.4 Å². The highest BCUT2D eigenvalue weighted by molar-refractivity contribution is 5.95. The number of hydrogen-bond donors (Lipinski definition) is 2. The number of ether oxygens (including phenoxy) is 1. The maximum Gasteiger partial charge on any atom is 0.326 e. The predicted octanol–water partition coefficient (Wildman–Crippen LogP) is 1.98. The van der Waals surface area contributed by atoms with E-state index in [0.29, 0.717) is 16.9 Å². The molecule has 0 saturated carbocycles. The molecule has 6 nitrogen and oxygen atoms in total. The molecule has 6 heteroatoms. The van der Waals surface area contributed by atoms with Gasteiger partial charge in [0.25, 0.3) is 0 Å². The van der Waals surface area contributed by atoms with Gasteiger partial charge < -0.3 is 15.2 Å². The van der Waals surface area contributed by atoms with Crippen molar-refractivity contribution in [2.24, 2.45) is 0 Å². The van der Waals surface area contributed by atoms with Crippen LogP contribution < -0.4 is 10.1 Å². The van der Waals surface area contributed by atoms with Crippen molar-refractivity contribution in [2.45, 2.75) is 32.7 Å². The van der Waals surface area contributed by atoms with Crippen molar-refractivity contribution in [3.8, 4) is 5.75 Å². The topological polar surface area (TPSA) is 92.7 Å². The van der Waals surface area contributed by atoms with E-state index in [1.54, 1.807) is 37.3 Å². The lowest BCUT2D eigenvalue weighted by Gasteiger charge is -2.14. The van der Waals surface area contributed by atoms with Crippen LogP contribution in [0.3, 0.4) is 0 Å². The Morgan fingerprint density at radius 1 is 1.35 bits per heavy atom. The summed E-state index contributed by atoms with van der Waals surface area (Å²) in [6.07, 6.45) is 3.55. The summed E-state index contributed by atoms with van der Waals surface area (Å²) in [6.45, 7) is 3.21. The lowest BCUT2D eigenvalue weighted by molar-refractivity contribution is -0.141. The largest absolute Gasteiger partial charge is 0.496 e. The number of amides is 1. The molecule has 0 aromatic heterocycles. The monoisotopic (exact) mass is 319 g/mol. The van der Waals surface area contributed by atoms with Gasteiger partial charge in [-0.25, -0.2) is 4.79 Å². The summed E-state index contributed by atoms with van der Waals surface area (Å²) in [4.78, 5) is 34.7. The minimum absolute atomic E-state index is 0.0656. The third-order valence-corrected chi connectivity index (χ3v) is 3.28. The van der Waals surface area contributed by atoms with Crippen molar-refractivity contribution in [3.63, 3.8) is 0 Å². The first-order valence-corrected chi connectivity index (χ1v) is 7.20. The Bertz CT molecular complexity index is 621. The molecule has 0 heterocycles. The molecule has 1 aromatic rings. The number of aliphatic carboxylic acids is 1. The van der Waals surface area contributed by atoms with Gasteiger partial charge in [-0.2, -0.15) is 0 Å². The Hall–Kier alpha value is -2.63. The van der Waals surface area contributed by atoms with Crippen molar-refractivity contribution in [1.29, 1.82) is 0 Å². The van der Waals surface area contributed by atoms with Gasteiger partial charge in [-0.1, -0.05) is 12.2 Å². The number of hydrogen-bond acceptors (Lipinski definition) is 4. The highest BCUT2D eigenvalue weighted by Gasteiger charge is 2.19. The fourth-order valence-corrected chi connectivity index (χ4v) is 2.05. The van der Waals surface area contributed by atoms with E-state index in [1.807, 2.05) is 0 Å². The molecule has 0 aliphatic heterocycles. The molecule has 1 unspecified atom stereocenters. The molecule has 0 fully saturated rings. The second-order valence-electron chi connectivity index (χ2n) is 5.02. The van der Waals surface area contributed by atoms with Crippen LogP contribution in [0.4, 0.5) is 0 Å². The SMILES string of the molecule is C/C=C/CC(NC(=O)Cc1cc(C(C)=O)ccc1OC)C(=O)O. The lowest BCUT2D eigenvalue weighted by atomic mass is 10.0. The standard InChI is InChI=1S/C17H21NO5/c1-4-5-6-14(17(21)22)18-16(20)10-13-9-12(11(2)19)7-8-15(13)23-3/h4-5,7-9,14H,6,10H2,1-3H3,(H,18,20)(H,21,22)/b5-4+. The molecule has 0 spiro atoms. The fraction of sp³-hybridized carbons (Fsp3) is 0.353. The molecule has 23 heavy (non-hydrogen) atoms. The Morgan fingerprint density at radius 3 is 2.57 bits per heavy atom. The molecule has 0 aliphatic carbocycles. The molecule has 124 valence electrons. The van der Waals surface area contributed by atoms with Crippen molar-refractivity contribution in [3.05, 3.63) is 41.5 Å². The summed E-state index contributed by atoms with van der Waals surface area (Å²) in [5, 5.41) is 11.6. The third-order valence-electron chi connectivity index (χ3n) is 3.28. The fourth-order valence-electron chi connectivity index (χ4n) is 2.05. The molecular formula is C17H21NO5. The molecule has 0 aliphatic rings. The average Bonchev–Trinajstić information content (AvgIpc) is 2.50. The minimum Gasteiger partial charge on any atom is -0.496 e. The molecule has 1 amide bonds. The molecule has 1 atom stereocenters. The van der Waals surface area contributed by atoms with Gasteiger partial charge in [-0.3, -0.25) is 9.59 Å². The second kappa shape index (κ2) is 8.73. The van der Waals surface area contributed by atoms with Crippen LogP contribution in [0.5, 0.6) is 5.75 Å². The van der Waals surface area contributed by atoms with Crippen molar-refractivity contribution in [1.82, 2.24) is 5.32 Å². The van der Waals surface area contributed by atoms with E-state index in [0.717, 1.165) is 0 Å². The molecule has 1 rings (SSSR count). The molecule has 1 aromatic carbocycles. The van der Waals surface area contributed by atoms with Crippen LogP contribution >= 0.6 is 0 Å². The smallest absolute Gasteiger partial charge is 0.326 e.